The maximum Gasteiger partial charge on any atom is 0.333 e. The number of hydrogen-bond acceptors (Lipinski definition) is 8. The third-order valence-corrected chi connectivity index (χ3v) is 15.3. The molecule has 0 aromatic heterocycles. The second kappa shape index (κ2) is 18.1. The van der Waals surface area contributed by atoms with Gasteiger partial charge in [0.2, 0.25) is 0 Å². The summed E-state index contributed by atoms with van der Waals surface area (Å²) in [6, 6.07) is 2.74. The van der Waals surface area contributed by atoms with Crippen LogP contribution in [0.2, 0.25) is 37.8 Å². The van der Waals surface area contributed by atoms with Gasteiger partial charge in [0.1, 0.15) is 9.76 Å². The Morgan fingerprint density at radius 3 is 2.06 bits per heavy atom. The minimum absolute atomic E-state index is 0.0434. The molecule has 0 aromatic carbocycles. The topological polar surface area (TPSA) is 104 Å². The molecule has 0 radical (unpaired) electrons. The van der Waals surface area contributed by atoms with E-state index in [-0.39, 0.29) is 19.2 Å². The van der Waals surface area contributed by atoms with E-state index in [1.165, 1.54) is 0 Å². The van der Waals surface area contributed by atoms with E-state index in [0.29, 0.717) is 45.0 Å². The van der Waals surface area contributed by atoms with Gasteiger partial charge in [-0.1, -0.05) is 6.58 Å². The van der Waals surface area contributed by atoms with Gasteiger partial charge in [0.15, 0.2) is 8.32 Å². The van der Waals surface area contributed by atoms with Crippen molar-refractivity contribution < 1.29 is 37.4 Å². The number of aliphatic hydroxyl groups excluding tert-OH is 2. The van der Waals surface area contributed by atoms with Crippen LogP contribution in [-0.2, 0) is 27.2 Å². The number of carbonyl (C=O) groups is 1. The Bertz CT molecular complexity index is 493. The van der Waals surface area contributed by atoms with Crippen molar-refractivity contribution in [1.82, 2.24) is 0 Å². The van der Waals surface area contributed by atoms with Crippen LogP contribution in [0.1, 0.15) is 26.2 Å². The summed E-state index contributed by atoms with van der Waals surface area (Å²) in [7, 11) is -5.08. The van der Waals surface area contributed by atoms with Crippen molar-refractivity contribution in [1.29, 1.82) is 0 Å². The molecule has 184 valence electrons. The summed E-state index contributed by atoms with van der Waals surface area (Å²) in [5.74, 6) is -0.361. The zero-order chi connectivity index (χ0) is 23.6. The van der Waals surface area contributed by atoms with E-state index < -0.39 is 26.6 Å². The third kappa shape index (κ3) is 17.8. The molecule has 8 nitrogen and oxygen atoms in total. The molecule has 0 saturated carbocycles. The van der Waals surface area contributed by atoms with Crippen molar-refractivity contribution in [3.8, 4) is 0 Å². The van der Waals surface area contributed by atoms with E-state index >= 15 is 0 Å². The highest BCUT2D eigenvalue weighted by Crippen LogP contribution is 2.25. The van der Waals surface area contributed by atoms with Gasteiger partial charge in [0.05, 0.1) is 33.0 Å². The van der Waals surface area contributed by atoms with E-state index in [1.807, 2.05) is 0 Å². The molecular weight excluding hydrogens is 452 g/mol. The average Bonchev–Trinajstić information content (AvgIpc) is 2.69. The van der Waals surface area contributed by atoms with Crippen molar-refractivity contribution in [3.63, 3.8) is 0 Å². The monoisotopic (exact) mass is 496 g/mol. The summed E-state index contributed by atoms with van der Waals surface area (Å²) in [6.07, 6.45) is 2.54. The zero-order valence-corrected chi connectivity index (χ0v) is 23.4. The second-order valence-corrected chi connectivity index (χ2v) is 18.2. The molecule has 0 aliphatic carbocycles. The van der Waals surface area contributed by atoms with Gasteiger partial charge >= 0.3 is 14.5 Å². The predicted molar refractivity (Wildman–Crippen MR) is 130 cm³/mol. The molecule has 11 heteroatoms. The molecule has 31 heavy (non-hydrogen) atoms. The van der Waals surface area contributed by atoms with Crippen LogP contribution in [0.15, 0.2) is 12.2 Å². The van der Waals surface area contributed by atoms with Gasteiger partial charge in [-0.15, -0.1) is 0 Å². The Balaban J connectivity index is 4.60. The lowest BCUT2D eigenvalue weighted by atomic mass is 10.4. The number of aliphatic hydroxyl groups is 2. The number of rotatable bonds is 21. The molecule has 0 amide bonds. The molecule has 0 spiro atoms. The van der Waals surface area contributed by atoms with Crippen molar-refractivity contribution in [2.75, 3.05) is 46.2 Å². The van der Waals surface area contributed by atoms with Crippen molar-refractivity contribution in [2.24, 2.45) is 0 Å². The van der Waals surface area contributed by atoms with Crippen molar-refractivity contribution >= 4 is 32.6 Å². The SMILES string of the molecule is C=C(C)C(=O)OCCC[Si](C)(O[SiH2]CCCOCCO)O[Si](C)(C)CCCOCCO. The number of ether oxygens (including phenoxy) is 3. The molecule has 2 N–H and O–H groups in total. The van der Waals surface area contributed by atoms with Gasteiger partial charge in [-0.2, -0.15) is 0 Å². The van der Waals surface area contributed by atoms with Crippen LogP contribution in [0.25, 0.3) is 0 Å². The molecule has 0 heterocycles. The van der Waals surface area contributed by atoms with E-state index in [4.69, 9.17) is 32.7 Å². The van der Waals surface area contributed by atoms with Crippen LogP contribution in [-0.4, -0.2) is 89.1 Å². The zero-order valence-electron chi connectivity index (χ0n) is 20.0. The Morgan fingerprint density at radius 2 is 1.48 bits per heavy atom. The smallest absolute Gasteiger partial charge is 0.333 e. The van der Waals surface area contributed by atoms with Gasteiger partial charge in [0, 0.05) is 18.8 Å². The maximum absolute atomic E-state index is 11.6. The highest BCUT2D eigenvalue weighted by Gasteiger charge is 2.37. The van der Waals surface area contributed by atoms with Crippen molar-refractivity contribution in [3.05, 3.63) is 12.2 Å². The summed E-state index contributed by atoms with van der Waals surface area (Å²) in [5, 5.41) is 17.6. The fourth-order valence-corrected chi connectivity index (χ4v) is 14.3. The average molecular weight is 497 g/mol. The van der Waals surface area contributed by atoms with Crippen LogP contribution in [0.5, 0.6) is 0 Å². The first-order valence-electron chi connectivity index (χ1n) is 11.2. The van der Waals surface area contributed by atoms with Crippen LogP contribution in [0, 0.1) is 0 Å². The Kier molecular flexibility index (Phi) is 17.9. The van der Waals surface area contributed by atoms with Crippen molar-refractivity contribution in [2.45, 2.75) is 64.0 Å². The Hall–Kier alpha value is -0.379. The first-order valence-corrected chi connectivity index (χ1v) is 18.4. The van der Waals surface area contributed by atoms with Gasteiger partial charge < -0.3 is 32.7 Å². The second-order valence-electron chi connectivity index (χ2n) is 8.35. The van der Waals surface area contributed by atoms with E-state index in [1.54, 1.807) is 6.92 Å². The van der Waals surface area contributed by atoms with Gasteiger partial charge in [-0.05, 0) is 64.0 Å². The molecule has 1 atom stereocenters. The first-order chi connectivity index (χ1) is 14.7. The minimum atomic E-state index is -2.39. The molecule has 0 aliphatic rings. The molecule has 0 aliphatic heterocycles. The lowest BCUT2D eigenvalue weighted by Gasteiger charge is -2.36. The summed E-state index contributed by atoms with van der Waals surface area (Å²) < 4.78 is 29.0. The third-order valence-electron chi connectivity index (χ3n) is 4.48. The predicted octanol–water partition coefficient (Wildman–Crippen LogP) is 2.11. The highest BCUT2D eigenvalue weighted by atomic mass is 28.5. The minimum Gasteiger partial charge on any atom is -0.462 e. The standard InChI is InChI=1S/C20H44O8Si3/c1-19(2)20(23)26-13-8-18-31(5,27-29-16-6-11-24-14-9-21)28-30(3,4)17-7-12-25-15-10-22/h21-22H,1,6-18,29H2,2-5H3. The molecule has 0 aromatic rings. The van der Waals surface area contributed by atoms with E-state index in [0.717, 1.165) is 31.0 Å². The molecule has 0 saturated heterocycles. The molecule has 1 unspecified atom stereocenters. The quantitative estimate of drug-likeness (QED) is 0.108. The highest BCUT2D eigenvalue weighted by molar-refractivity contribution is 6.84. The maximum atomic E-state index is 11.6. The summed E-state index contributed by atoms with van der Waals surface area (Å²) in [4.78, 5) is 11.6. The number of esters is 1. The van der Waals surface area contributed by atoms with Crippen LogP contribution >= 0.6 is 0 Å². The Labute approximate surface area is 192 Å². The molecule has 0 fully saturated rings. The fourth-order valence-electron chi connectivity index (χ4n) is 3.00. The van der Waals surface area contributed by atoms with Crippen LogP contribution in [0.3, 0.4) is 0 Å². The Morgan fingerprint density at radius 1 is 0.903 bits per heavy atom. The van der Waals surface area contributed by atoms with E-state index in [9.17, 15) is 4.79 Å². The number of carbonyl (C=O) groups excluding carboxylic acids is 1. The lowest BCUT2D eigenvalue weighted by molar-refractivity contribution is -0.138. The largest absolute Gasteiger partial charge is 0.462 e. The first kappa shape index (κ1) is 30.6. The van der Waals surface area contributed by atoms with E-state index in [2.05, 4.69) is 26.2 Å². The molecule has 0 bridgehead atoms. The van der Waals surface area contributed by atoms with Gasteiger partial charge in [0.25, 0.3) is 0 Å². The normalized spacial score (nSPS) is 14.1. The van der Waals surface area contributed by atoms with Gasteiger partial charge in [-0.3, -0.25) is 0 Å². The van der Waals surface area contributed by atoms with Gasteiger partial charge in [-0.25, -0.2) is 4.79 Å². The summed E-state index contributed by atoms with van der Waals surface area (Å²) in [5.41, 5.74) is 0.403. The number of hydrogen-bond donors (Lipinski definition) is 2. The lowest BCUT2D eigenvalue weighted by Crippen LogP contribution is -2.49. The fraction of sp³-hybridized carbons (Fsp3) is 0.850. The van der Waals surface area contributed by atoms with Crippen LogP contribution < -0.4 is 0 Å². The molecule has 0 rings (SSSR count). The summed E-state index contributed by atoms with van der Waals surface area (Å²) in [6.45, 7) is 14.2. The summed E-state index contributed by atoms with van der Waals surface area (Å²) >= 11 is 0. The van der Waals surface area contributed by atoms with Crippen LogP contribution in [0.4, 0.5) is 0 Å². The molecular formula is C20H44O8Si3.